The number of halogens is 1. The van der Waals surface area contributed by atoms with E-state index < -0.39 is 11.7 Å². The third-order valence-corrected chi connectivity index (χ3v) is 5.18. The quantitative estimate of drug-likeness (QED) is 0.0840. The number of methoxy groups -OCH3 is 1. The van der Waals surface area contributed by atoms with Gasteiger partial charge in [-0.3, -0.25) is 10.1 Å². The first-order valence-corrected chi connectivity index (χ1v) is 12.2. The number of hydrogen-bond donors (Lipinski definition) is 2. The first-order chi connectivity index (χ1) is 17.3. The van der Waals surface area contributed by atoms with Gasteiger partial charge in [0.25, 0.3) is 11.1 Å². The predicted molar refractivity (Wildman–Crippen MR) is 146 cm³/mol. The van der Waals surface area contributed by atoms with E-state index >= 15 is 4.39 Å². The summed E-state index contributed by atoms with van der Waals surface area (Å²) in [6.07, 6.45) is 11.5. The SMILES string of the molecule is C=C\C=C/C(OC)=C(F)/C(C=C(C)C)=C(/C=C/CC)C(=O)Nc1nnc(OCC(C[CH2-])C[CH2-])s1.CO.[Nb+2]. The van der Waals surface area contributed by atoms with Gasteiger partial charge in [-0.2, -0.15) is 12.8 Å². The van der Waals surface area contributed by atoms with Crippen LogP contribution in [-0.2, 0) is 31.9 Å². The summed E-state index contributed by atoms with van der Waals surface area (Å²) >= 11 is 1.09. The number of carbonyl (C=O) groups excluding carboxylic acids is 1. The van der Waals surface area contributed by atoms with Crippen molar-refractivity contribution in [3.8, 4) is 5.19 Å². The van der Waals surface area contributed by atoms with E-state index in [2.05, 4.69) is 35.9 Å². The molecule has 0 fully saturated rings. The second-order valence-electron chi connectivity index (χ2n) is 7.42. The average molecular weight is 613 g/mol. The Morgan fingerprint density at radius 3 is 2.38 bits per heavy atom. The van der Waals surface area contributed by atoms with E-state index in [1.807, 2.05) is 20.8 Å². The molecule has 0 aliphatic rings. The molecule has 0 aliphatic carbocycles. The zero-order valence-electron chi connectivity index (χ0n) is 22.3. The number of rotatable bonds is 14. The molecule has 1 aromatic heterocycles. The molecular weight excluding hydrogens is 574 g/mol. The van der Waals surface area contributed by atoms with Crippen LogP contribution in [-0.4, -0.2) is 42.0 Å². The van der Waals surface area contributed by atoms with Crippen molar-refractivity contribution < 1.29 is 46.1 Å². The van der Waals surface area contributed by atoms with Crippen LogP contribution in [0.25, 0.3) is 0 Å². The molecule has 0 aromatic carbocycles. The summed E-state index contributed by atoms with van der Waals surface area (Å²) in [6, 6.07) is 0. The van der Waals surface area contributed by atoms with Crippen molar-refractivity contribution in [2.24, 2.45) is 5.92 Å². The van der Waals surface area contributed by atoms with Crippen LogP contribution in [0, 0.1) is 19.8 Å². The van der Waals surface area contributed by atoms with E-state index in [0.717, 1.165) is 24.0 Å². The van der Waals surface area contributed by atoms with Gasteiger partial charge in [0.05, 0.1) is 13.7 Å². The zero-order chi connectivity index (χ0) is 27.5. The van der Waals surface area contributed by atoms with E-state index in [1.165, 1.54) is 19.3 Å². The van der Waals surface area contributed by atoms with Gasteiger partial charge in [0.1, 0.15) is 0 Å². The minimum absolute atomic E-state index is 0. The maximum atomic E-state index is 15.5. The molecule has 37 heavy (non-hydrogen) atoms. The van der Waals surface area contributed by atoms with Crippen molar-refractivity contribution in [1.82, 2.24) is 10.2 Å². The largest absolute Gasteiger partial charge is 2.00 e. The second kappa shape index (κ2) is 21.8. The van der Waals surface area contributed by atoms with Crippen LogP contribution in [0.15, 0.2) is 71.3 Å². The van der Waals surface area contributed by atoms with Gasteiger partial charge in [0.15, 0.2) is 11.6 Å². The molecule has 10 heteroatoms. The van der Waals surface area contributed by atoms with Gasteiger partial charge >= 0.3 is 22.4 Å². The number of carbonyl (C=O) groups is 1. The molecule has 0 unspecified atom stereocenters. The van der Waals surface area contributed by atoms with Gasteiger partial charge in [-0.15, -0.1) is 5.10 Å². The molecule has 0 saturated heterocycles. The molecule has 0 aliphatic heterocycles. The number of ether oxygens (including phenoxy) is 2. The Labute approximate surface area is 240 Å². The van der Waals surface area contributed by atoms with E-state index in [0.29, 0.717) is 31.1 Å². The molecule has 1 aromatic rings. The van der Waals surface area contributed by atoms with Gasteiger partial charge < -0.3 is 28.4 Å². The Hall–Kier alpha value is -2.30. The van der Waals surface area contributed by atoms with E-state index in [9.17, 15) is 4.79 Å². The molecule has 1 heterocycles. The summed E-state index contributed by atoms with van der Waals surface area (Å²) < 4.78 is 26.4. The smallest absolute Gasteiger partial charge is 0.494 e. The summed E-state index contributed by atoms with van der Waals surface area (Å²) in [7, 11) is 2.36. The molecule has 2 N–H and O–H groups in total. The first-order valence-electron chi connectivity index (χ1n) is 11.4. The minimum atomic E-state index is -0.679. The van der Waals surface area contributed by atoms with Crippen molar-refractivity contribution in [3.63, 3.8) is 0 Å². The number of aromatic nitrogens is 2. The summed E-state index contributed by atoms with van der Waals surface area (Å²) in [4.78, 5) is 13.2. The monoisotopic (exact) mass is 612 g/mol. The Kier molecular flexibility index (Phi) is 21.7. The van der Waals surface area contributed by atoms with Crippen LogP contribution in [0.1, 0.15) is 40.0 Å². The van der Waals surface area contributed by atoms with Gasteiger partial charge in [-0.25, -0.2) is 4.39 Å². The van der Waals surface area contributed by atoms with Gasteiger partial charge in [0.2, 0.25) is 5.13 Å². The molecule has 0 saturated carbocycles. The van der Waals surface area contributed by atoms with E-state index in [4.69, 9.17) is 14.6 Å². The summed E-state index contributed by atoms with van der Waals surface area (Å²) in [5.41, 5.74) is 1.01. The van der Waals surface area contributed by atoms with Crippen molar-refractivity contribution in [1.29, 1.82) is 0 Å². The third kappa shape index (κ3) is 13.7. The molecule has 1 radical (unpaired) electrons. The Morgan fingerprint density at radius 2 is 1.86 bits per heavy atom. The minimum Gasteiger partial charge on any atom is -0.494 e. The van der Waals surface area contributed by atoms with Gasteiger partial charge in [-0.1, -0.05) is 60.5 Å². The molecule has 0 bridgehead atoms. The van der Waals surface area contributed by atoms with Crippen molar-refractivity contribution in [2.75, 3.05) is 26.1 Å². The number of allylic oxidation sites excluding steroid dienone is 8. The molecule has 1 amide bonds. The van der Waals surface area contributed by atoms with Crippen LogP contribution in [0.4, 0.5) is 9.52 Å². The standard InChI is InChI=1S/C26H34FN3O3S.CH4O.Nb/c1-8-12-14-20(21(16-18(5)6)23(27)22(32-7)15-13-9-2)24(31)28-25-29-30-26(34-25)33-17-19(10-3)11-4;1-2;/h9,12-16,19H,2-4,8,10-11,17H2,1,5-7H3,(H,28,29,31);2H,1H3;/q-2;;+2/b14-12+,15-13-,21-20-,23-22+;;. The summed E-state index contributed by atoms with van der Waals surface area (Å²) in [6.45, 7) is 17.3. The molecule has 0 atom stereocenters. The first kappa shape index (κ1) is 36.9. The number of amides is 1. The molecular formula is C27H38FN3NbO4S. The molecule has 7 nitrogen and oxygen atoms in total. The Bertz CT molecular complexity index is 976. The van der Waals surface area contributed by atoms with Crippen molar-refractivity contribution in [2.45, 2.75) is 40.0 Å². The van der Waals surface area contributed by atoms with Gasteiger partial charge in [0, 0.05) is 18.3 Å². The second-order valence-corrected chi connectivity index (χ2v) is 8.36. The van der Waals surface area contributed by atoms with Crippen LogP contribution in [0.2, 0.25) is 0 Å². The Balaban J connectivity index is 0. The number of anilines is 1. The maximum Gasteiger partial charge on any atom is 2.00 e. The fourth-order valence-electron chi connectivity index (χ4n) is 2.57. The van der Waals surface area contributed by atoms with Crippen LogP contribution >= 0.6 is 11.3 Å². The normalized spacial score (nSPS) is 12.2. The van der Waals surface area contributed by atoms with Crippen LogP contribution < -0.4 is 10.1 Å². The third-order valence-electron chi connectivity index (χ3n) is 4.43. The van der Waals surface area contributed by atoms with Crippen LogP contribution in [0.3, 0.4) is 0 Å². The summed E-state index contributed by atoms with van der Waals surface area (Å²) in [5, 5.41) is 18.2. The van der Waals surface area contributed by atoms with Gasteiger partial charge in [-0.05, 0) is 37.7 Å². The summed E-state index contributed by atoms with van der Waals surface area (Å²) in [5.74, 6) is -1.03. The average Bonchev–Trinajstić information content (AvgIpc) is 3.32. The van der Waals surface area contributed by atoms with Crippen molar-refractivity contribution >= 4 is 22.4 Å². The molecule has 1 rings (SSSR count). The van der Waals surface area contributed by atoms with E-state index in [-0.39, 0.29) is 50.3 Å². The zero-order valence-corrected chi connectivity index (χ0v) is 25.3. The Morgan fingerprint density at radius 1 is 1.22 bits per heavy atom. The number of nitrogens with one attached hydrogen (secondary N) is 1. The predicted octanol–water partition coefficient (Wildman–Crippen LogP) is 6.32. The molecule has 0 spiro atoms. The number of hydrogen-bond acceptors (Lipinski definition) is 7. The number of aliphatic hydroxyl groups is 1. The molecule has 203 valence electrons. The van der Waals surface area contributed by atoms with Crippen molar-refractivity contribution in [3.05, 3.63) is 85.2 Å². The fourth-order valence-corrected chi connectivity index (χ4v) is 3.17. The van der Waals surface area contributed by atoms with Crippen LogP contribution in [0.5, 0.6) is 5.19 Å². The number of aliphatic hydroxyl groups excluding tert-OH is 1. The number of nitrogens with zero attached hydrogens (tertiary/aromatic N) is 2. The topological polar surface area (TPSA) is 93.6 Å². The van der Waals surface area contributed by atoms with E-state index in [1.54, 1.807) is 24.3 Å². The fraction of sp³-hybridized carbons (Fsp3) is 0.370. The maximum absolute atomic E-state index is 15.5.